The molecule has 0 unspecified atom stereocenters. The van der Waals surface area contributed by atoms with Gasteiger partial charge in [-0.05, 0) is 23.3 Å². The summed E-state index contributed by atoms with van der Waals surface area (Å²) >= 11 is 0. The number of hydrogen-bond donors (Lipinski definition) is 1. The zero-order chi connectivity index (χ0) is 13.1. The molecule has 2 N–H and O–H groups in total. The van der Waals surface area contributed by atoms with Crippen molar-refractivity contribution in [3.8, 4) is 17.3 Å². The maximum atomic E-state index is 10.8. The van der Waals surface area contributed by atoms with Gasteiger partial charge < -0.3 is 10.3 Å². The van der Waals surface area contributed by atoms with Crippen molar-refractivity contribution in [3.63, 3.8) is 0 Å². The topological polar surface area (TPSA) is 71.8 Å². The third-order valence-corrected chi connectivity index (χ3v) is 2.86. The molecule has 0 aliphatic carbocycles. The number of primary amides is 1. The Morgan fingerprint density at radius 1 is 1.28 bits per heavy atom. The van der Waals surface area contributed by atoms with Crippen molar-refractivity contribution in [2.24, 2.45) is 12.8 Å². The molecule has 0 saturated carbocycles. The highest BCUT2D eigenvalue weighted by atomic mass is 16.1. The van der Waals surface area contributed by atoms with Gasteiger partial charge in [0.1, 0.15) is 11.8 Å². The molecule has 0 spiro atoms. The first-order valence-corrected chi connectivity index (χ1v) is 5.55. The Labute approximate surface area is 105 Å². The number of carbonyl (C=O) groups is 1. The predicted molar refractivity (Wildman–Crippen MR) is 68.5 cm³/mol. The first-order chi connectivity index (χ1) is 8.61. The Morgan fingerprint density at radius 3 is 2.44 bits per heavy atom. The van der Waals surface area contributed by atoms with E-state index in [1.54, 1.807) is 6.07 Å². The lowest BCUT2D eigenvalue weighted by molar-refractivity contribution is -0.117. The summed E-state index contributed by atoms with van der Waals surface area (Å²) in [4.78, 5) is 10.8. The molecule has 4 heteroatoms. The Hall–Kier alpha value is -2.54. The lowest BCUT2D eigenvalue weighted by Gasteiger charge is -2.05. The highest BCUT2D eigenvalue weighted by Crippen LogP contribution is 2.21. The van der Waals surface area contributed by atoms with Crippen LogP contribution in [0.15, 0.2) is 36.4 Å². The smallest absolute Gasteiger partial charge is 0.221 e. The van der Waals surface area contributed by atoms with Crippen molar-refractivity contribution in [3.05, 3.63) is 47.7 Å². The Kier molecular flexibility index (Phi) is 3.16. The van der Waals surface area contributed by atoms with Crippen LogP contribution < -0.4 is 5.73 Å². The first kappa shape index (κ1) is 11.9. The zero-order valence-electron chi connectivity index (χ0n) is 10.1. The van der Waals surface area contributed by atoms with E-state index in [0.29, 0.717) is 5.69 Å². The van der Waals surface area contributed by atoms with Gasteiger partial charge in [-0.25, -0.2) is 0 Å². The van der Waals surface area contributed by atoms with Crippen LogP contribution in [0, 0.1) is 11.3 Å². The van der Waals surface area contributed by atoms with Crippen LogP contribution in [0.5, 0.6) is 0 Å². The van der Waals surface area contributed by atoms with E-state index >= 15 is 0 Å². The second-order valence-corrected chi connectivity index (χ2v) is 4.11. The van der Waals surface area contributed by atoms with Gasteiger partial charge in [0.15, 0.2) is 0 Å². The van der Waals surface area contributed by atoms with Crippen molar-refractivity contribution in [2.75, 3.05) is 0 Å². The van der Waals surface area contributed by atoms with Crippen molar-refractivity contribution in [1.29, 1.82) is 5.26 Å². The van der Waals surface area contributed by atoms with Crippen LogP contribution in [-0.2, 0) is 18.3 Å². The SMILES string of the molecule is Cn1c(C#N)ccc1-c1ccc(CC(N)=O)cc1. The van der Waals surface area contributed by atoms with Crippen molar-refractivity contribution in [1.82, 2.24) is 4.57 Å². The van der Waals surface area contributed by atoms with Crippen LogP contribution in [0.25, 0.3) is 11.3 Å². The van der Waals surface area contributed by atoms with Crippen molar-refractivity contribution < 1.29 is 4.79 Å². The highest BCUT2D eigenvalue weighted by molar-refractivity contribution is 5.76. The van der Waals surface area contributed by atoms with E-state index in [4.69, 9.17) is 11.0 Å². The fourth-order valence-corrected chi connectivity index (χ4v) is 1.91. The van der Waals surface area contributed by atoms with Gasteiger partial charge in [-0.3, -0.25) is 4.79 Å². The van der Waals surface area contributed by atoms with Gasteiger partial charge in [0, 0.05) is 12.7 Å². The van der Waals surface area contributed by atoms with E-state index in [1.165, 1.54) is 0 Å². The number of carbonyl (C=O) groups excluding carboxylic acids is 1. The standard InChI is InChI=1S/C14H13N3O/c1-17-12(9-15)6-7-13(17)11-4-2-10(3-5-11)8-14(16)18/h2-7H,8H2,1H3,(H2,16,18). The molecule has 90 valence electrons. The Balaban J connectivity index is 2.32. The summed E-state index contributed by atoms with van der Waals surface area (Å²) in [5.41, 5.74) is 8.62. The minimum atomic E-state index is -0.339. The number of nitrogens with two attached hydrogens (primary N) is 1. The number of benzene rings is 1. The molecule has 0 fully saturated rings. The first-order valence-electron chi connectivity index (χ1n) is 5.55. The van der Waals surface area contributed by atoms with E-state index < -0.39 is 0 Å². The molecule has 0 radical (unpaired) electrons. The molecule has 1 amide bonds. The van der Waals surface area contributed by atoms with Gasteiger partial charge in [-0.2, -0.15) is 5.26 Å². The van der Waals surface area contributed by atoms with Gasteiger partial charge in [0.05, 0.1) is 6.42 Å². The third kappa shape index (κ3) is 2.25. The number of hydrogen-bond acceptors (Lipinski definition) is 2. The molecule has 0 aliphatic heterocycles. The number of nitriles is 1. The molecule has 4 nitrogen and oxygen atoms in total. The lowest BCUT2D eigenvalue weighted by atomic mass is 10.1. The molecule has 1 aromatic heterocycles. The summed E-state index contributed by atoms with van der Waals surface area (Å²) in [5, 5.41) is 8.90. The molecule has 0 bridgehead atoms. The van der Waals surface area contributed by atoms with Crippen LogP contribution >= 0.6 is 0 Å². The van der Waals surface area contributed by atoms with Crippen molar-refractivity contribution in [2.45, 2.75) is 6.42 Å². The van der Waals surface area contributed by atoms with E-state index in [1.807, 2.05) is 41.9 Å². The quantitative estimate of drug-likeness (QED) is 0.883. The Morgan fingerprint density at radius 2 is 1.94 bits per heavy atom. The molecule has 0 aliphatic rings. The zero-order valence-corrected chi connectivity index (χ0v) is 10.1. The minimum Gasteiger partial charge on any atom is -0.369 e. The fraction of sp³-hybridized carbons (Fsp3) is 0.143. The maximum absolute atomic E-state index is 10.8. The molecule has 2 aromatic rings. The van der Waals surface area contributed by atoms with E-state index in [-0.39, 0.29) is 12.3 Å². The molecule has 1 aromatic carbocycles. The summed E-state index contributed by atoms with van der Waals surface area (Å²) < 4.78 is 1.84. The van der Waals surface area contributed by atoms with Crippen LogP contribution in [0.1, 0.15) is 11.3 Å². The van der Waals surface area contributed by atoms with Crippen LogP contribution in [0.4, 0.5) is 0 Å². The van der Waals surface area contributed by atoms with Gasteiger partial charge in [0.2, 0.25) is 5.91 Å². The minimum absolute atomic E-state index is 0.247. The maximum Gasteiger partial charge on any atom is 0.221 e. The van der Waals surface area contributed by atoms with E-state index in [0.717, 1.165) is 16.8 Å². The van der Waals surface area contributed by atoms with Crippen LogP contribution in [0.2, 0.25) is 0 Å². The third-order valence-electron chi connectivity index (χ3n) is 2.86. The second kappa shape index (κ2) is 4.76. The van der Waals surface area contributed by atoms with E-state index in [2.05, 4.69) is 6.07 Å². The number of nitrogens with zero attached hydrogens (tertiary/aromatic N) is 2. The van der Waals surface area contributed by atoms with Crippen LogP contribution in [0.3, 0.4) is 0 Å². The molecule has 0 saturated heterocycles. The summed E-state index contributed by atoms with van der Waals surface area (Å²) in [6.45, 7) is 0. The van der Waals surface area contributed by atoms with E-state index in [9.17, 15) is 4.79 Å². The molecule has 2 rings (SSSR count). The molecule has 1 heterocycles. The normalized spacial score (nSPS) is 10.0. The van der Waals surface area contributed by atoms with Gasteiger partial charge in [-0.1, -0.05) is 24.3 Å². The fourth-order valence-electron chi connectivity index (χ4n) is 1.91. The van der Waals surface area contributed by atoms with Gasteiger partial charge in [-0.15, -0.1) is 0 Å². The number of aromatic nitrogens is 1. The largest absolute Gasteiger partial charge is 0.369 e. The van der Waals surface area contributed by atoms with Crippen molar-refractivity contribution >= 4 is 5.91 Å². The summed E-state index contributed by atoms with van der Waals surface area (Å²) in [6.07, 6.45) is 0.247. The number of rotatable bonds is 3. The summed E-state index contributed by atoms with van der Waals surface area (Å²) in [6, 6.07) is 13.4. The summed E-state index contributed by atoms with van der Waals surface area (Å²) in [5.74, 6) is -0.339. The van der Waals surface area contributed by atoms with Gasteiger partial charge >= 0.3 is 0 Å². The highest BCUT2D eigenvalue weighted by Gasteiger charge is 2.06. The molecule has 0 atom stereocenters. The Bertz CT molecular complexity index is 617. The molecule has 18 heavy (non-hydrogen) atoms. The molecular formula is C14H13N3O. The average molecular weight is 239 g/mol. The molecular weight excluding hydrogens is 226 g/mol. The lowest BCUT2D eigenvalue weighted by Crippen LogP contribution is -2.13. The predicted octanol–water partition coefficient (Wildman–Crippen LogP) is 1.59. The summed E-state index contributed by atoms with van der Waals surface area (Å²) in [7, 11) is 1.85. The average Bonchev–Trinajstić information content (AvgIpc) is 2.71. The van der Waals surface area contributed by atoms with Crippen LogP contribution in [-0.4, -0.2) is 10.5 Å². The van der Waals surface area contributed by atoms with Gasteiger partial charge in [0.25, 0.3) is 0 Å². The monoisotopic (exact) mass is 239 g/mol. The second-order valence-electron chi connectivity index (χ2n) is 4.11. The number of amides is 1.